The number of benzene rings is 1. The molecule has 0 aliphatic carbocycles. The van der Waals surface area contributed by atoms with Gasteiger partial charge in [0, 0.05) is 12.0 Å². The average molecular weight is 266 g/mol. The van der Waals surface area contributed by atoms with E-state index in [0.29, 0.717) is 5.56 Å². The average Bonchev–Trinajstić information content (AvgIpc) is 2.27. The lowest BCUT2D eigenvalue weighted by Gasteiger charge is -2.24. The van der Waals surface area contributed by atoms with Gasteiger partial charge in [-0.15, -0.1) is 12.3 Å². The van der Waals surface area contributed by atoms with Gasteiger partial charge in [-0.1, -0.05) is 18.2 Å². The lowest BCUT2D eigenvalue weighted by molar-refractivity contribution is -0.185. The van der Waals surface area contributed by atoms with Crippen molar-refractivity contribution in [2.75, 3.05) is 0 Å². The maximum absolute atomic E-state index is 14.0. The van der Waals surface area contributed by atoms with Crippen LogP contribution in [0.4, 0.5) is 8.78 Å². The molecule has 2 nitrogen and oxygen atoms in total. The van der Waals surface area contributed by atoms with Crippen LogP contribution in [-0.4, -0.2) is 11.6 Å². The summed E-state index contributed by atoms with van der Waals surface area (Å²) in [6, 6.07) is 5.49. The zero-order valence-corrected chi connectivity index (χ0v) is 11.2. The molecule has 0 bridgehead atoms. The summed E-state index contributed by atoms with van der Waals surface area (Å²) in [5.41, 5.74) is -0.811. The Morgan fingerprint density at radius 2 is 2.00 bits per heavy atom. The van der Waals surface area contributed by atoms with Crippen molar-refractivity contribution in [1.29, 1.82) is 0 Å². The van der Waals surface area contributed by atoms with Gasteiger partial charge in [-0.2, -0.15) is 8.78 Å². The molecule has 0 N–H and O–H groups in total. The number of carbonyl (C=O) groups is 1. The molecule has 1 aromatic rings. The second-order valence-electron chi connectivity index (χ2n) is 5.16. The van der Waals surface area contributed by atoms with Crippen molar-refractivity contribution >= 4 is 5.97 Å². The Labute approximate surface area is 111 Å². The van der Waals surface area contributed by atoms with Crippen LogP contribution in [0.5, 0.6) is 0 Å². The first-order chi connectivity index (χ1) is 8.66. The van der Waals surface area contributed by atoms with Crippen molar-refractivity contribution in [3.8, 4) is 12.3 Å². The van der Waals surface area contributed by atoms with Crippen LogP contribution in [0.15, 0.2) is 24.3 Å². The number of rotatable bonds is 3. The fourth-order valence-corrected chi connectivity index (χ4v) is 1.45. The molecule has 0 aliphatic rings. The molecule has 19 heavy (non-hydrogen) atoms. The molecule has 0 spiro atoms. The van der Waals surface area contributed by atoms with Crippen molar-refractivity contribution in [2.24, 2.45) is 0 Å². The molecule has 0 aliphatic heterocycles. The molecule has 0 amide bonds. The number of esters is 1. The van der Waals surface area contributed by atoms with Gasteiger partial charge < -0.3 is 4.74 Å². The third-order valence-electron chi connectivity index (χ3n) is 2.25. The number of alkyl halides is 2. The number of halogens is 2. The van der Waals surface area contributed by atoms with Gasteiger partial charge in [0.25, 0.3) is 0 Å². The third kappa shape index (κ3) is 4.06. The summed E-state index contributed by atoms with van der Waals surface area (Å²) in [5.74, 6) is -2.87. The molecular formula is C15H16F2O2. The standard InChI is InChI=1S/C15H16F2O2/c1-5-7-11-8-6-9-12(10-11)15(16,17)13(18)19-14(2,3)4/h1,6,8-10H,7H2,2-4H3. The monoisotopic (exact) mass is 266 g/mol. The van der Waals surface area contributed by atoms with Crippen LogP contribution in [-0.2, 0) is 21.9 Å². The second kappa shape index (κ2) is 5.40. The first-order valence-electron chi connectivity index (χ1n) is 5.81. The number of ether oxygens (including phenoxy) is 1. The summed E-state index contributed by atoms with van der Waals surface area (Å²) in [6.45, 7) is 4.61. The molecule has 0 radical (unpaired) electrons. The molecule has 0 saturated carbocycles. The van der Waals surface area contributed by atoms with E-state index < -0.39 is 23.1 Å². The van der Waals surface area contributed by atoms with E-state index in [1.807, 2.05) is 0 Å². The maximum atomic E-state index is 14.0. The molecule has 102 valence electrons. The van der Waals surface area contributed by atoms with Crippen LogP contribution in [0.3, 0.4) is 0 Å². The van der Waals surface area contributed by atoms with Crippen LogP contribution < -0.4 is 0 Å². The summed E-state index contributed by atoms with van der Waals surface area (Å²) in [6.07, 6.45) is 5.37. The Morgan fingerprint density at radius 3 is 2.53 bits per heavy atom. The van der Waals surface area contributed by atoms with Crippen molar-refractivity contribution in [3.63, 3.8) is 0 Å². The quantitative estimate of drug-likeness (QED) is 0.620. The van der Waals surface area contributed by atoms with Gasteiger partial charge in [-0.05, 0) is 32.4 Å². The summed E-state index contributed by atoms with van der Waals surface area (Å²) in [5, 5.41) is 0. The lowest BCUT2D eigenvalue weighted by atomic mass is 10.0. The summed E-state index contributed by atoms with van der Waals surface area (Å²) >= 11 is 0. The SMILES string of the molecule is C#CCc1cccc(C(F)(F)C(=O)OC(C)(C)C)c1. The minimum Gasteiger partial charge on any atom is -0.455 e. The molecule has 0 atom stereocenters. The Morgan fingerprint density at radius 1 is 1.37 bits per heavy atom. The largest absolute Gasteiger partial charge is 0.455 e. The Balaban J connectivity index is 3.02. The van der Waals surface area contributed by atoms with Gasteiger partial charge in [0.05, 0.1) is 0 Å². The van der Waals surface area contributed by atoms with E-state index in [9.17, 15) is 13.6 Å². The number of terminal acetylenes is 1. The highest BCUT2D eigenvalue weighted by molar-refractivity contribution is 5.79. The van der Waals surface area contributed by atoms with E-state index in [0.717, 1.165) is 0 Å². The van der Waals surface area contributed by atoms with Crippen molar-refractivity contribution in [3.05, 3.63) is 35.4 Å². The summed E-state index contributed by atoms with van der Waals surface area (Å²) in [7, 11) is 0. The predicted octanol–water partition coefficient (Wildman–Crippen LogP) is 3.30. The van der Waals surface area contributed by atoms with Gasteiger partial charge in [-0.25, -0.2) is 4.79 Å². The van der Waals surface area contributed by atoms with Crippen molar-refractivity contribution in [1.82, 2.24) is 0 Å². The van der Waals surface area contributed by atoms with Gasteiger partial charge in [0.15, 0.2) is 0 Å². The Hall–Kier alpha value is -1.89. The highest BCUT2D eigenvalue weighted by atomic mass is 19.3. The number of hydrogen-bond acceptors (Lipinski definition) is 2. The Kier molecular flexibility index (Phi) is 4.31. The van der Waals surface area contributed by atoms with E-state index in [-0.39, 0.29) is 6.42 Å². The van der Waals surface area contributed by atoms with E-state index >= 15 is 0 Å². The second-order valence-corrected chi connectivity index (χ2v) is 5.16. The first kappa shape index (κ1) is 15.2. The molecule has 0 fully saturated rings. The molecule has 1 aromatic carbocycles. The van der Waals surface area contributed by atoms with Crippen LogP contribution in [0.2, 0.25) is 0 Å². The molecule has 4 heteroatoms. The number of hydrogen-bond donors (Lipinski definition) is 0. The van der Waals surface area contributed by atoms with Crippen LogP contribution in [0, 0.1) is 12.3 Å². The predicted molar refractivity (Wildman–Crippen MR) is 68.7 cm³/mol. The normalized spacial score (nSPS) is 11.8. The minimum atomic E-state index is -3.68. The summed E-state index contributed by atoms with van der Waals surface area (Å²) < 4.78 is 32.7. The Bertz CT molecular complexity index is 508. The molecule has 0 saturated heterocycles. The van der Waals surface area contributed by atoms with Crippen LogP contribution >= 0.6 is 0 Å². The first-order valence-corrected chi connectivity index (χ1v) is 5.81. The highest BCUT2D eigenvalue weighted by Crippen LogP contribution is 2.31. The molecular weight excluding hydrogens is 250 g/mol. The van der Waals surface area contributed by atoms with Gasteiger partial charge >= 0.3 is 11.9 Å². The van der Waals surface area contributed by atoms with Gasteiger partial charge in [0.1, 0.15) is 5.60 Å². The highest BCUT2D eigenvalue weighted by Gasteiger charge is 2.44. The van der Waals surface area contributed by atoms with E-state index in [4.69, 9.17) is 11.2 Å². The molecule has 0 heterocycles. The fraction of sp³-hybridized carbons (Fsp3) is 0.400. The van der Waals surface area contributed by atoms with Gasteiger partial charge in [0.2, 0.25) is 0 Å². The van der Waals surface area contributed by atoms with Crippen molar-refractivity contribution < 1.29 is 18.3 Å². The zero-order valence-electron chi connectivity index (χ0n) is 11.2. The lowest BCUT2D eigenvalue weighted by Crippen LogP contribution is -2.35. The zero-order chi connectivity index (χ0) is 14.7. The van der Waals surface area contributed by atoms with Crippen LogP contribution in [0.25, 0.3) is 0 Å². The van der Waals surface area contributed by atoms with Gasteiger partial charge in [-0.3, -0.25) is 0 Å². The number of carbonyl (C=O) groups excluding carboxylic acids is 1. The maximum Gasteiger partial charge on any atom is 0.382 e. The van der Waals surface area contributed by atoms with E-state index in [1.165, 1.54) is 39.0 Å². The third-order valence-corrected chi connectivity index (χ3v) is 2.25. The van der Waals surface area contributed by atoms with E-state index in [1.54, 1.807) is 6.07 Å². The topological polar surface area (TPSA) is 26.3 Å². The fourth-order valence-electron chi connectivity index (χ4n) is 1.45. The van der Waals surface area contributed by atoms with Crippen LogP contribution in [0.1, 0.15) is 31.9 Å². The van der Waals surface area contributed by atoms with E-state index in [2.05, 4.69) is 5.92 Å². The molecule has 0 aromatic heterocycles. The van der Waals surface area contributed by atoms with Crippen molar-refractivity contribution in [2.45, 2.75) is 38.7 Å². The minimum absolute atomic E-state index is 0.234. The molecule has 0 unspecified atom stereocenters. The molecule has 1 rings (SSSR count). The summed E-state index contributed by atoms with van der Waals surface area (Å²) in [4.78, 5) is 11.5. The smallest absolute Gasteiger partial charge is 0.382 e.